The van der Waals surface area contributed by atoms with E-state index in [1.54, 1.807) is 0 Å². The molecule has 1 unspecified atom stereocenters. The van der Waals surface area contributed by atoms with Crippen molar-refractivity contribution in [2.75, 3.05) is 4.90 Å². The van der Waals surface area contributed by atoms with E-state index in [-0.39, 0.29) is 6.04 Å². The second kappa shape index (κ2) is 8.94. The highest BCUT2D eigenvalue weighted by molar-refractivity contribution is 7.26. The second-order valence-corrected chi connectivity index (χ2v) is 13.3. The lowest BCUT2D eigenvalue weighted by molar-refractivity contribution is 0.931. The first-order chi connectivity index (χ1) is 22.9. The zero-order valence-electron chi connectivity index (χ0n) is 24.8. The third-order valence-corrected chi connectivity index (χ3v) is 11.2. The molecule has 46 heavy (non-hydrogen) atoms. The molecule has 0 fully saturated rings. The van der Waals surface area contributed by atoms with E-state index in [9.17, 15) is 0 Å². The summed E-state index contributed by atoms with van der Waals surface area (Å²) in [5.41, 5.74) is 12.6. The summed E-state index contributed by atoms with van der Waals surface area (Å²) in [6.45, 7) is 0. The van der Waals surface area contributed by atoms with Gasteiger partial charge in [0.2, 0.25) is 17.1 Å². The molecule has 6 aromatic carbocycles. The van der Waals surface area contributed by atoms with E-state index in [4.69, 9.17) is 0 Å². The van der Waals surface area contributed by atoms with Gasteiger partial charge in [-0.3, -0.25) is 0 Å². The van der Waals surface area contributed by atoms with E-state index in [1.165, 1.54) is 87.3 Å². The first kappa shape index (κ1) is 24.6. The number of hydrogen-bond donors (Lipinski definition) is 0. The summed E-state index contributed by atoms with van der Waals surface area (Å²) >= 11 is 1.89. The molecular formula is C42H26N3S+. The number of rotatable bonds is 2. The first-order valence-electron chi connectivity index (χ1n) is 15.8. The summed E-state index contributed by atoms with van der Waals surface area (Å²) in [7, 11) is 0. The van der Waals surface area contributed by atoms with Crippen molar-refractivity contribution in [2.45, 2.75) is 6.04 Å². The molecule has 8 aromatic rings. The maximum atomic E-state index is 2.58. The Morgan fingerprint density at radius 2 is 1.35 bits per heavy atom. The van der Waals surface area contributed by atoms with Gasteiger partial charge in [-0.1, -0.05) is 91.0 Å². The SMILES string of the molecule is C1=CC2=[N+](c3ccccc3)c3ccccc3N3c4ccc5c(c4C(=C1)C23)c1ccccc1n5-c1cccc2c1sc1ccccc12. The van der Waals surface area contributed by atoms with Crippen LogP contribution in [0.5, 0.6) is 0 Å². The summed E-state index contributed by atoms with van der Waals surface area (Å²) < 4.78 is 7.61. The largest absolute Gasteiger partial charge is 0.318 e. The fourth-order valence-electron chi connectivity index (χ4n) is 8.26. The van der Waals surface area contributed by atoms with Gasteiger partial charge in [0.1, 0.15) is 11.7 Å². The Morgan fingerprint density at radius 3 is 2.28 bits per heavy atom. The Hall–Kier alpha value is -5.71. The van der Waals surface area contributed by atoms with Crippen molar-refractivity contribution in [3.05, 3.63) is 157 Å². The molecule has 2 aliphatic heterocycles. The van der Waals surface area contributed by atoms with E-state index >= 15 is 0 Å². The molecule has 2 aromatic heterocycles. The zero-order valence-corrected chi connectivity index (χ0v) is 25.6. The Labute approximate surface area is 269 Å². The fraction of sp³-hybridized carbons (Fsp3) is 0.0238. The lowest BCUT2D eigenvalue weighted by Crippen LogP contribution is -2.43. The van der Waals surface area contributed by atoms with Crippen molar-refractivity contribution in [1.29, 1.82) is 0 Å². The zero-order chi connectivity index (χ0) is 29.9. The number of thiophene rings is 1. The van der Waals surface area contributed by atoms with Gasteiger partial charge in [0.15, 0.2) is 0 Å². The van der Waals surface area contributed by atoms with Gasteiger partial charge in [0.25, 0.3) is 0 Å². The van der Waals surface area contributed by atoms with Crippen molar-refractivity contribution in [1.82, 2.24) is 9.14 Å². The Balaban J connectivity index is 1.24. The van der Waals surface area contributed by atoms with Crippen LogP contribution in [0.4, 0.5) is 22.7 Å². The van der Waals surface area contributed by atoms with Gasteiger partial charge in [0.05, 0.1) is 27.1 Å². The number of para-hydroxylation sites is 4. The lowest BCUT2D eigenvalue weighted by Gasteiger charge is -2.32. The van der Waals surface area contributed by atoms with Crippen LogP contribution in [0.2, 0.25) is 0 Å². The molecule has 4 heteroatoms. The maximum Gasteiger partial charge on any atom is 0.235 e. The number of allylic oxidation sites excluding steroid dienone is 2. The molecule has 1 aliphatic carbocycles. The summed E-state index contributed by atoms with van der Waals surface area (Å²) in [4.78, 5) is 2.58. The van der Waals surface area contributed by atoms with Gasteiger partial charge in [-0.05, 0) is 42.0 Å². The predicted molar refractivity (Wildman–Crippen MR) is 196 cm³/mol. The number of benzene rings is 6. The predicted octanol–water partition coefficient (Wildman–Crippen LogP) is 10.9. The average Bonchev–Trinajstić information content (AvgIpc) is 3.77. The van der Waals surface area contributed by atoms with Crippen LogP contribution in [0.3, 0.4) is 0 Å². The molecule has 3 nitrogen and oxygen atoms in total. The standard InChI is InChI=1S/C42H26N3S/c1-2-12-26(13-3-1)43-32-19-7-8-20-33(32)45-35-25-24-34-39(40(35)30-17-11-21-36(43)41(30)45)29-15-4-6-18-31(29)44(34)37-22-10-16-28-27-14-5-9-23-38(27)46-42(28)37/h1-25,41H/q+1. The summed E-state index contributed by atoms with van der Waals surface area (Å²) in [5.74, 6) is 0. The van der Waals surface area contributed by atoms with Gasteiger partial charge in [-0.2, -0.15) is 4.58 Å². The highest BCUT2D eigenvalue weighted by atomic mass is 32.1. The van der Waals surface area contributed by atoms with Gasteiger partial charge in [-0.25, -0.2) is 0 Å². The third kappa shape index (κ3) is 3.04. The first-order valence-corrected chi connectivity index (χ1v) is 16.6. The average molecular weight is 605 g/mol. The fourth-order valence-corrected chi connectivity index (χ4v) is 9.47. The molecule has 3 aliphatic rings. The van der Waals surface area contributed by atoms with Crippen molar-refractivity contribution < 1.29 is 0 Å². The number of aromatic nitrogens is 1. The van der Waals surface area contributed by atoms with Gasteiger partial charge >= 0.3 is 0 Å². The summed E-state index contributed by atoms with van der Waals surface area (Å²) in [5, 5.41) is 5.26. The van der Waals surface area contributed by atoms with E-state index in [0.717, 1.165) is 0 Å². The highest BCUT2D eigenvalue weighted by Crippen LogP contribution is 2.55. The number of anilines is 2. The molecular weight excluding hydrogens is 579 g/mol. The molecule has 0 N–H and O–H groups in total. The molecule has 0 saturated carbocycles. The smallest absolute Gasteiger partial charge is 0.235 e. The van der Waals surface area contributed by atoms with E-state index in [2.05, 4.69) is 166 Å². The summed E-state index contributed by atoms with van der Waals surface area (Å²) in [6.07, 6.45) is 6.90. The third-order valence-electron chi connectivity index (χ3n) is 10.0. The molecule has 1 atom stereocenters. The molecule has 0 spiro atoms. The van der Waals surface area contributed by atoms with Crippen LogP contribution in [0.1, 0.15) is 5.56 Å². The van der Waals surface area contributed by atoms with Crippen LogP contribution in [0, 0.1) is 0 Å². The molecule has 214 valence electrons. The summed E-state index contributed by atoms with van der Waals surface area (Å²) in [6, 6.07) is 49.0. The monoisotopic (exact) mass is 604 g/mol. The minimum atomic E-state index is 0.0915. The van der Waals surface area contributed by atoms with Crippen LogP contribution < -0.4 is 9.48 Å². The van der Waals surface area contributed by atoms with E-state index in [1.807, 2.05) is 11.3 Å². The number of nitrogens with zero attached hydrogens (tertiary/aromatic N) is 3. The number of fused-ring (bicyclic) bond motifs is 12. The second-order valence-electron chi connectivity index (χ2n) is 12.3. The van der Waals surface area contributed by atoms with Gasteiger partial charge < -0.3 is 9.47 Å². The van der Waals surface area contributed by atoms with Crippen molar-refractivity contribution in [3.63, 3.8) is 0 Å². The normalized spacial score (nSPS) is 16.4. The maximum absolute atomic E-state index is 2.58. The number of hydrogen-bond acceptors (Lipinski definition) is 2. The minimum absolute atomic E-state index is 0.0915. The molecule has 11 rings (SSSR count). The van der Waals surface area contributed by atoms with Crippen molar-refractivity contribution >= 4 is 87.3 Å². The van der Waals surface area contributed by atoms with Crippen molar-refractivity contribution in [3.8, 4) is 5.69 Å². The molecule has 0 amide bonds. The Kier molecular flexibility index (Phi) is 4.78. The van der Waals surface area contributed by atoms with Gasteiger partial charge in [0, 0.05) is 56.1 Å². The van der Waals surface area contributed by atoms with E-state index in [0.29, 0.717) is 0 Å². The van der Waals surface area contributed by atoms with Crippen LogP contribution >= 0.6 is 11.3 Å². The highest BCUT2D eigenvalue weighted by Gasteiger charge is 2.49. The van der Waals surface area contributed by atoms with Crippen LogP contribution in [-0.2, 0) is 0 Å². The minimum Gasteiger partial charge on any atom is -0.318 e. The molecule has 0 saturated heterocycles. The topological polar surface area (TPSA) is 11.2 Å². The molecule has 4 heterocycles. The quantitative estimate of drug-likeness (QED) is 0.179. The van der Waals surface area contributed by atoms with E-state index < -0.39 is 0 Å². The van der Waals surface area contributed by atoms with Crippen LogP contribution in [0.25, 0.3) is 53.2 Å². The van der Waals surface area contributed by atoms with Crippen LogP contribution in [-0.4, -0.2) is 16.3 Å². The van der Waals surface area contributed by atoms with Crippen LogP contribution in [0.15, 0.2) is 152 Å². The van der Waals surface area contributed by atoms with Crippen molar-refractivity contribution in [2.24, 2.45) is 0 Å². The lowest BCUT2D eigenvalue weighted by atomic mass is 9.90. The van der Waals surface area contributed by atoms with Gasteiger partial charge in [-0.15, -0.1) is 11.3 Å². The molecule has 0 radical (unpaired) electrons. The molecule has 0 bridgehead atoms. The Bertz CT molecular complexity index is 2700. The Morgan fingerprint density at radius 1 is 0.587 bits per heavy atom.